The summed E-state index contributed by atoms with van der Waals surface area (Å²) in [6, 6.07) is 9.90. The van der Waals surface area contributed by atoms with Crippen molar-refractivity contribution < 1.29 is 4.79 Å². The Morgan fingerprint density at radius 1 is 1.28 bits per heavy atom. The molecule has 1 saturated carbocycles. The fourth-order valence-electron chi connectivity index (χ4n) is 4.96. The number of carbonyl (C=O) groups excluding carboxylic acids is 1. The first-order valence-corrected chi connectivity index (χ1v) is 9.83. The van der Waals surface area contributed by atoms with Crippen LogP contribution in [0.2, 0.25) is 0 Å². The summed E-state index contributed by atoms with van der Waals surface area (Å²) >= 11 is 0. The second-order valence-corrected chi connectivity index (χ2v) is 8.00. The molecule has 8 nitrogen and oxygen atoms in total. The number of carbonyl (C=O) groups is 1. The lowest BCUT2D eigenvalue weighted by Crippen LogP contribution is -2.42. The van der Waals surface area contributed by atoms with Gasteiger partial charge in [-0.1, -0.05) is 6.07 Å². The molecule has 0 radical (unpaired) electrons. The fraction of sp³-hybridized carbons (Fsp3) is 0.333. The average Bonchev–Trinajstić information content (AvgIpc) is 3.40. The van der Waals surface area contributed by atoms with Crippen LogP contribution in [0.1, 0.15) is 36.2 Å². The zero-order valence-electron chi connectivity index (χ0n) is 16.1. The van der Waals surface area contributed by atoms with E-state index in [0.29, 0.717) is 12.0 Å². The van der Waals surface area contributed by atoms with Crippen LogP contribution < -0.4 is 16.5 Å². The number of nitrogens with zero attached hydrogens (tertiary/aromatic N) is 3. The monoisotopic (exact) mass is 389 g/mol. The van der Waals surface area contributed by atoms with E-state index in [2.05, 4.69) is 10.2 Å². The molecule has 29 heavy (non-hydrogen) atoms. The minimum atomic E-state index is -0.863. The Hall–Kier alpha value is -3.42. The Bertz CT molecular complexity index is 1130. The first-order chi connectivity index (χ1) is 13.9. The molecule has 2 fully saturated rings. The van der Waals surface area contributed by atoms with Crippen molar-refractivity contribution in [2.75, 3.05) is 0 Å². The molecular formula is C21H23N7O. The van der Waals surface area contributed by atoms with Gasteiger partial charge in [-0.2, -0.15) is 0 Å². The highest BCUT2D eigenvalue weighted by atomic mass is 16.1. The average molecular weight is 389 g/mol. The molecule has 4 heterocycles. The maximum atomic E-state index is 11.5. The lowest BCUT2D eigenvalue weighted by Gasteiger charge is -2.33. The Morgan fingerprint density at radius 2 is 2.10 bits per heavy atom. The Morgan fingerprint density at radius 3 is 2.86 bits per heavy atom. The number of primary amides is 1. The fourth-order valence-corrected chi connectivity index (χ4v) is 4.96. The molecule has 5 N–H and O–H groups in total. The molecular weight excluding hydrogens is 366 g/mol. The lowest BCUT2D eigenvalue weighted by molar-refractivity contribution is -0.112. The molecule has 0 aromatic carbocycles. The second kappa shape index (κ2) is 6.30. The molecule has 2 bridgehead atoms. The number of fused-ring (bicyclic) bond motifs is 5. The molecule has 1 amide bonds. The van der Waals surface area contributed by atoms with Gasteiger partial charge in [0.2, 0.25) is 0 Å². The van der Waals surface area contributed by atoms with Crippen molar-refractivity contribution in [1.82, 2.24) is 19.8 Å². The van der Waals surface area contributed by atoms with Crippen LogP contribution in [0.3, 0.4) is 0 Å². The van der Waals surface area contributed by atoms with Gasteiger partial charge in [-0.25, -0.2) is 0 Å². The highest BCUT2D eigenvalue weighted by Crippen LogP contribution is 2.50. The summed E-state index contributed by atoms with van der Waals surface area (Å²) in [4.78, 5) is 18.7. The molecule has 3 atom stereocenters. The molecule has 2 aromatic rings. The summed E-state index contributed by atoms with van der Waals surface area (Å²) in [5, 5.41) is 19.8. The predicted molar refractivity (Wildman–Crippen MR) is 108 cm³/mol. The van der Waals surface area contributed by atoms with Crippen LogP contribution in [0.25, 0.3) is 11.4 Å². The Labute approximate surface area is 168 Å². The van der Waals surface area contributed by atoms with E-state index in [4.69, 9.17) is 21.5 Å². The maximum absolute atomic E-state index is 11.5. The highest BCUT2D eigenvalue weighted by Gasteiger charge is 2.51. The van der Waals surface area contributed by atoms with Gasteiger partial charge in [-0.05, 0) is 56.4 Å². The summed E-state index contributed by atoms with van der Waals surface area (Å²) < 4.78 is 1.23. The van der Waals surface area contributed by atoms with Gasteiger partial charge in [0.1, 0.15) is 11.7 Å². The van der Waals surface area contributed by atoms with Gasteiger partial charge in [0.05, 0.1) is 17.1 Å². The van der Waals surface area contributed by atoms with E-state index in [-0.39, 0.29) is 11.7 Å². The number of hydrogen-bond donors (Lipinski definition) is 4. The number of rotatable bonds is 2. The van der Waals surface area contributed by atoms with Gasteiger partial charge >= 0.3 is 0 Å². The molecule has 1 unspecified atom stereocenters. The van der Waals surface area contributed by atoms with Gasteiger partial charge in [0, 0.05) is 23.5 Å². The largest absolute Gasteiger partial charge is 0.363 e. The zero-order valence-corrected chi connectivity index (χ0v) is 16.1. The van der Waals surface area contributed by atoms with Crippen molar-refractivity contribution in [2.45, 2.75) is 38.4 Å². The van der Waals surface area contributed by atoms with Crippen molar-refractivity contribution in [2.24, 2.45) is 11.7 Å². The smallest absolute Gasteiger partial charge is 0.284 e. The van der Waals surface area contributed by atoms with Crippen LogP contribution in [0.15, 0.2) is 36.5 Å². The van der Waals surface area contributed by atoms with E-state index in [1.54, 1.807) is 12.3 Å². The molecule has 8 heteroatoms. The third kappa shape index (κ3) is 2.66. The number of nitrogens with one attached hydrogen (secondary N) is 3. The van der Waals surface area contributed by atoms with Crippen molar-refractivity contribution in [3.8, 4) is 0 Å². The van der Waals surface area contributed by atoms with Gasteiger partial charge in [0.15, 0.2) is 5.84 Å². The van der Waals surface area contributed by atoms with E-state index in [9.17, 15) is 4.79 Å². The third-order valence-corrected chi connectivity index (χ3v) is 6.21. The molecule has 3 aliphatic rings. The number of aromatic nitrogens is 2. The molecule has 1 aliphatic carbocycles. The van der Waals surface area contributed by atoms with E-state index in [1.165, 1.54) is 17.4 Å². The summed E-state index contributed by atoms with van der Waals surface area (Å²) in [7, 11) is 0. The van der Waals surface area contributed by atoms with Gasteiger partial charge in [-0.15, -0.1) is 0 Å². The van der Waals surface area contributed by atoms with E-state index in [0.717, 1.165) is 34.8 Å². The molecule has 0 spiro atoms. The summed E-state index contributed by atoms with van der Waals surface area (Å²) in [5.74, 6) is -0.681. The highest BCUT2D eigenvalue weighted by molar-refractivity contribution is 6.36. The first kappa shape index (κ1) is 17.7. The van der Waals surface area contributed by atoms with Crippen LogP contribution >= 0.6 is 0 Å². The number of piperidine rings is 1. The number of pyridine rings is 2. The molecule has 148 valence electrons. The van der Waals surface area contributed by atoms with Crippen LogP contribution in [0.5, 0.6) is 0 Å². The lowest BCUT2D eigenvalue weighted by atomic mass is 10.1. The van der Waals surface area contributed by atoms with Crippen LogP contribution in [0.4, 0.5) is 0 Å². The Balaban J connectivity index is 1.70. The van der Waals surface area contributed by atoms with Crippen molar-refractivity contribution in [3.63, 3.8) is 0 Å². The molecule has 2 aliphatic heterocycles. The molecule has 5 rings (SSSR count). The quantitative estimate of drug-likeness (QED) is 0.455. The normalized spacial score (nSPS) is 24.6. The van der Waals surface area contributed by atoms with E-state index >= 15 is 0 Å². The molecule has 1 saturated heterocycles. The number of hydrogen-bond acceptors (Lipinski definition) is 6. The van der Waals surface area contributed by atoms with E-state index < -0.39 is 11.7 Å². The predicted octanol–water partition coefficient (Wildman–Crippen LogP) is 1.22. The Kier molecular flexibility index (Phi) is 3.84. The van der Waals surface area contributed by atoms with Crippen LogP contribution in [0, 0.1) is 23.7 Å². The van der Waals surface area contributed by atoms with E-state index in [1.807, 2.05) is 31.2 Å². The zero-order chi connectivity index (χ0) is 20.3. The van der Waals surface area contributed by atoms with Crippen LogP contribution in [-0.2, 0) is 4.79 Å². The number of aryl methyl sites for hydroxylation is 1. The minimum absolute atomic E-state index is 0.0406. The van der Waals surface area contributed by atoms with Crippen molar-refractivity contribution >= 4 is 23.1 Å². The SMILES string of the molecule is Cc1cccc(C2=C(c3ccc(=N)n(C(=N)C(N)=O)c3)N3C(N2)[C@@H]2CC[C@@H]3C2)n1. The van der Waals surface area contributed by atoms with Gasteiger partial charge < -0.3 is 16.0 Å². The summed E-state index contributed by atoms with van der Waals surface area (Å²) in [6.45, 7) is 1.97. The number of amides is 1. The second-order valence-electron chi connectivity index (χ2n) is 8.00. The van der Waals surface area contributed by atoms with Crippen molar-refractivity contribution in [1.29, 1.82) is 10.8 Å². The summed E-state index contributed by atoms with van der Waals surface area (Å²) in [6.07, 6.45) is 5.45. The summed E-state index contributed by atoms with van der Waals surface area (Å²) in [5.41, 5.74) is 9.98. The van der Waals surface area contributed by atoms with Crippen LogP contribution in [-0.4, -0.2) is 38.4 Å². The third-order valence-electron chi connectivity index (χ3n) is 6.21. The first-order valence-electron chi connectivity index (χ1n) is 9.83. The standard InChI is InChI=1S/C21H23N7O/c1-11-3-2-4-15(25-11)17-18(28-14-7-5-12(9-14)21(28)26-17)13-6-8-16(22)27(10-13)19(23)20(24)29/h2-4,6,8,10,12,14,21-23,26H,5,7,9H2,1H3,(H2,24,29)/t12-,14-,21?/m1/s1. The van der Waals surface area contributed by atoms with Crippen molar-refractivity contribution in [3.05, 3.63) is 59.0 Å². The van der Waals surface area contributed by atoms with Gasteiger partial charge in [-0.3, -0.25) is 25.2 Å². The topological polar surface area (TPSA) is 124 Å². The van der Waals surface area contributed by atoms with Gasteiger partial charge in [0.25, 0.3) is 5.91 Å². The minimum Gasteiger partial charge on any atom is -0.363 e. The molecule has 2 aromatic heterocycles. The maximum Gasteiger partial charge on any atom is 0.284 e. The number of nitrogens with two attached hydrogens (primary N) is 1.